The summed E-state index contributed by atoms with van der Waals surface area (Å²) in [6.07, 6.45) is 0. The van der Waals surface area contributed by atoms with E-state index >= 15 is 0 Å². The molecule has 0 aliphatic heterocycles. The fourth-order valence-corrected chi connectivity index (χ4v) is 0.947. The molecule has 0 N–H and O–H groups in total. The fraction of sp³-hybridized carbons (Fsp3) is 1.00. The van der Waals surface area contributed by atoms with Crippen LogP contribution in [0.4, 0.5) is 0 Å². The van der Waals surface area contributed by atoms with E-state index in [1.165, 1.54) is 0 Å². The Kier molecular flexibility index (Phi) is 9.29. The largest absolute Gasteiger partial charge is 0.382 e. The SMILES string of the molecule is COCCOCCN(C)CCN(C)C. The van der Waals surface area contributed by atoms with Gasteiger partial charge in [0, 0.05) is 26.7 Å². The molecule has 0 aromatic rings. The third kappa shape index (κ3) is 9.92. The normalized spacial score (nSPS) is 11.6. The first kappa shape index (κ1) is 13.8. The minimum absolute atomic E-state index is 0.682. The molecule has 0 radical (unpaired) electrons. The number of likely N-dealkylation sites (N-methyl/N-ethyl adjacent to an activating group) is 2. The third-order valence-corrected chi connectivity index (χ3v) is 1.98. The van der Waals surface area contributed by atoms with Gasteiger partial charge in [-0.15, -0.1) is 0 Å². The standard InChI is InChI=1S/C10H24N2O2/c1-11(2)5-6-12(3)7-8-14-10-9-13-4/h5-10H2,1-4H3. The highest BCUT2D eigenvalue weighted by molar-refractivity contribution is 4.53. The molecule has 0 atom stereocenters. The summed E-state index contributed by atoms with van der Waals surface area (Å²) in [5, 5.41) is 0. The minimum Gasteiger partial charge on any atom is -0.382 e. The molecule has 4 heteroatoms. The van der Waals surface area contributed by atoms with Crippen molar-refractivity contribution in [1.29, 1.82) is 0 Å². The van der Waals surface area contributed by atoms with E-state index < -0.39 is 0 Å². The zero-order valence-corrected chi connectivity index (χ0v) is 9.95. The minimum atomic E-state index is 0.682. The Morgan fingerprint density at radius 2 is 1.57 bits per heavy atom. The smallest absolute Gasteiger partial charge is 0.0700 e. The summed E-state index contributed by atoms with van der Waals surface area (Å²) in [6, 6.07) is 0. The van der Waals surface area contributed by atoms with Crippen molar-refractivity contribution in [1.82, 2.24) is 9.80 Å². The van der Waals surface area contributed by atoms with Gasteiger partial charge in [-0.2, -0.15) is 0 Å². The van der Waals surface area contributed by atoms with Gasteiger partial charge in [0.2, 0.25) is 0 Å². The van der Waals surface area contributed by atoms with Crippen LogP contribution in [0.25, 0.3) is 0 Å². The van der Waals surface area contributed by atoms with Crippen molar-refractivity contribution in [2.75, 3.05) is 67.7 Å². The molecule has 0 heterocycles. The average molecular weight is 204 g/mol. The summed E-state index contributed by atoms with van der Waals surface area (Å²) >= 11 is 0. The summed E-state index contributed by atoms with van der Waals surface area (Å²) < 4.78 is 10.3. The van der Waals surface area contributed by atoms with Gasteiger partial charge >= 0.3 is 0 Å². The molecule has 0 unspecified atom stereocenters. The van der Waals surface area contributed by atoms with Crippen LogP contribution in [0.3, 0.4) is 0 Å². The van der Waals surface area contributed by atoms with Crippen LogP contribution in [0.5, 0.6) is 0 Å². The highest BCUT2D eigenvalue weighted by Gasteiger charge is 1.98. The van der Waals surface area contributed by atoms with Crippen molar-refractivity contribution in [2.24, 2.45) is 0 Å². The average Bonchev–Trinajstić information content (AvgIpc) is 2.14. The van der Waals surface area contributed by atoms with Gasteiger partial charge < -0.3 is 19.3 Å². The monoisotopic (exact) mass is 204 g/mol. The number of ether oxygens (including phenoxy) is 2. The summed E-state index contributed by atoms with van der Waals surface area (Å²) in [4.78, 5) is 4.45. The first-order valence-corrected chi connectivity index (χ1v) is 5.06. The highest BCUT2D eigenvalue weighted by atomic mass is 16.5. The van der Waals surface area contributed by atoms with Crippen molar-refractivity contribution < 1.29 is 9.47 Å². The van der Waals surface area contributed by atoms with Crippen molar-refractivity contribution in [3.63, 3.8) is 0 Å². The molecule has 0 fully saturated rings. The third-order valence-electron chi connectivity index (χ3n) is 1.98. The van der Waals surface area contributed by atoms with E-state index in [1.54, 1.807) is 7.11 Å². The van der Waals surface area contributed by atoms with Crippen LogP contribution in [0.1, 0.15) is 0 Å². The lowest BCUT2D eigenvalue weighted by Gasteiger charge is -2.18. The van der Waals surface area contributed by atoms with E-state index in [1.807, 2.05) is 0 Å². The Morgan fingerprint density at radius 1 is 0.857 bits per heavy atom. The van der Waals surface area contributed by atoms with Gasteiger partial charge in [-0.25, -0.2) is 0 Å². The Morgan fingerprint density at radius 3 is 2.14 bits per heavy atom. The van der Waals surface area contributed by atoms with Gasteiger partial charge in [-0.1, -0.05) is 0 Å². The van der Waals surface area contributed by atoms with Crippen LogP contribution in [0, 0.1) is 0 Å². The van der Waals surface area contributed by atoms with Gasteiger partial charge in [-0.3, -0.25) is 0 Å². The van der Waals surface area contributed by atoms with E-state index in [0.717, 1.165) is 26.2 Å². The zero-order chi connectivity index (χ0) is 10.8. The van der Waals surface area contributed by atoms with Gasteiger partial charge in [0.05, 0.1) is 19.8 Å². The molecule has 14 heavy (non-hydrogen) atoms. The molecule has 0 aliphatic rings. The van der Waals surface area contributed by atoms with Crippen LogP contribution in [-0.2, 0) is 9.47 Å². The molecule has 0 saturated carbocycles. The van der Waals surface area contributed by atoms with E-state index in [9.17, 15) is 0 Å². The molecule has 4 nitrogen and oxygen atoms in total. The lowest BCUT2D eigenvalue weighted by molar-refractivity contribution is 0.0599. The summed E-state index contributed by atoms with van der Waals surface area (Å²) in [5.41, 5.74) is 0. The molecule has 86 valence electrons. The molecule has 0 aromatic carbocycles. The first-order chi connectivity index (χ1) is 6.66. The summed E-state index contributed by atoms with van der Waals surface area (Å²) in [5.74, 6) is 0. The van der Waals surface area contributed by atoms with Gasteiger partial charge in [-0.05, 0) is 21.1 Å². The number of rotatable bonds is 9. The predicted octanol–water partition coefficient (Wildman–Crippen LogP) is 0.143. The highest BCUT2D eigenvalue weighted by Crippen LogP contribution is 1.85. The lowest BCUT2D eigenvalue weighted by Crippen LogP contribution is -2.31. The van der Waals surface area contributed by atoms with Crippen LogP contribution < -0.4 is 0 Å². The second-order valence-electron chi connectivity index (χ2n) is 3.71. The molecule has 0 amide bonds. The van der Waals surface area contributed by atoms with Crippen LogP contribution >= 0.6 is 0 Å². The molecule has 0 rings (SSSR count). The Hall–Kier alpha value is -0.160. The maximum absolute atomic E-state index is 5.37. The van der Waals surface area contributed by atoms with Gasteiger partial charge in [0.15, 0.2) is 0 Å². The van der Waals surface area contributed by atoms with Crippen molar-refractivity contribution >= 4 is 0 Å². The van der Waals surface area contributed by atoms with Gasteiger partial charge in [0.25, 0.3) is 0 Å². The van der Waals surface area contributed by atoms with E-state index in [2.05, 4.69) is 30.9 Å². The molecule has 0 saturated heterocycles. The molecule has 0 aromatic heterocycles. The Bertz CT molecular complexity index is 121. The van der Waals surface area contributed by atoms with Gasteiger partial charge in [0.1, 0.15) is 0 Å². The summed E-state index contributed by atoms with van der Waals surface area (Å²) in [6.45, 7) is 5.32. The van der Waals surface area contributed by atoms with Crippen LogP contribution in [0.15, 0.2) is 0 Å². The zero-order valence-electron chi connectivity index (χ0n) is 9.95. The lowest BCUT2D eigenvalue weighted by atomic mass is 10.5. The topological polar surface area (TPSA) is 24.9 Å². The number of hydrogen-bond acceptors (Lipinski definition) is 4. The predicted molar refractivity (Wildman–Crippen MR) is 58.7 cm³/mol. The second kappa shape index (κ2) is 9.40. The first-order valence-electron chi connectivity index (χ1n) is 5.06. The maximum atomic E-state index is 5.37. The molecule has 0 aliphatic carbocycles. The van der Waals surface area contributed by atoms with Crippen molar-refractivity contribution in [2.45, 2.75) is 0 Å². The summed E-state index contributed by atoms with van der Waals surface area (Å²) in [7, 11) is 7.97. The van der Waals surface area contributed by atoms with E-state index in [0.29, 0.717) is 13.2 Å². The maximum Gasteiger partial charge on any atom is 0.0700 e. The van der Waals surface area contributed by atoms with E-state index in [4.69, 9.17) is 9.47 Å². The van der Waals surface area contributed by atoms with E-state index in [-0.39, 0.29) is 0 Å². The Balaban J connectivity index is 3.14. The molecule has 0 spiro atoms. The fourth-order valence-electron chi connectivity index (χ4n) is 0.947. The van der Waals surface area contributed by atoms with Crippen LogP contribution in [0.2, 0.25) is 0 Å². The second-order valence-corrected chi connectivity index (χ2v) is 3.71. The number of nitrogens with zero attached hydrogens (tertiary/aromatic N) is 2. The number of hydrogen-bond donors (Lipinski definition) is 0. The Labute approximate surface area is 87.8 Å². The van der Waals surface area contributed by atoms with Crippen molar-refractivity contribution in [3.05, 3.63) is 0 Å². The molecule has 0 bridgehead atoms. The molecular formula is C10H24N2O2. The van der Waals surface area contributed by atoms with Crippen LogP contribution in [-0.4, -0.2) is 77.5 Å². The van der Waals surface area contributed by atoms with Crippen molar-refractivity contribution in [3.8, 4) is 0 Å². The quantitative estimate of drug-likeness (QED) is 0.499. The molecular weight excluding hydrogens is 180 g/mol. The number of methoxy groups -OCH3 is 1.